The second-order valence-electron chi connectivity index (χ2n) is 6.09. The highest BCUT2D eigenvalue weighted by Crippen LogP contribution is 2.24. The van der Waals surface area contributed by atoms with Crippen molar-refractivity contribution in [3.05, 3.63) is 29.3 Å². The predicted molar refractivity (Wildman–Crippen MR) is 94.7 cm³/mol. The Bertz CT molecular complexity index is 884. The number of benzene rings is 1. The minimum Gasteiger partial charge on any atom is -0.349 e. The lowest BCUT2D eigenvalue weighted by Gasteiger charge is -2.23. The molecule has 0 unspecified atom stereocenters. The van der Waals surface area contributed by atoms with Gasteiger partial charge in [-0.1, -0.05) is 23.4 Å². The van der Waals surface area contributed by atoms with E-state index in [0.29, 0.717) is 16.6 Å². The van der Waals surface area contributed by atoms with Gasteiger partial charge in [0.25, 0.3) is 0 Å². The van der Waals surface area contributed by atoms with E-state index in [1.165, 1.54) is 16.4 Å². The van der Waals surface area contributed by atoms with Crippen molar-refractivity contribution in [3.63, 3.8) is 0 Å². The summed E-state index contributed by atoms with van der Waals surface area (Å²) in [4.78, 5) is 12.2. The van der Waals surface area contributed by atoms with Crippen molar-refractivity contribution in [2.24, 2.45) is 0 Å². The smallest absolute Gasteiger partial charge is 0.230 e. The second-order valence-corrected chi connectivity index (χ2v) is 9.65. The summed E-state index contributed by atoms with van der Waals surface area (Å²) in [6, 6.07) is 6.99. The average molecular weight is 402 g/mol. The molecule has 2 heterocycles. The maximum absolute atomic E-state index is 12.2. The van der Waals surface area contributed by atoms with Crippen molar-refractivity contribution in [3.8, 4) is 5.69 Å². The monoisotopic (exact) mass is 401 g/mol. The number of hydrogen-bond acceptors (Lipinski definition) is 7. The van der Waals surface area contributed by atoms with Crippen LogP contribution >= 0.6 is 23.4 Å². The molecule has 3 rings (SSSR count). The van der Waals surface area contributed by atoms with Gasteiger partial charge < -0.3 is 5.32 Å². The first-order valence-electron chi connectivity index (χ1n) is 7.45. The Hall–Kier alpha value is -1.65. The molecule has 1 saturated heterocycles. The minimum absolute atomic E-state index is 0.0288. The van der Waals surface area contributed by atoms with E-state index in [0.717, 1.165) is 5.69 Å². The molecular formula is C14H16ClN5O3S2. The minimum atomic E-state index is -3.07. The van der Waals surface area contributed by atoms with Crippen LogP contribution in [0.15, 0.2) is 29.4 Å². The van der Waals surface area contributed by atoms with Gasteiger partial charge in [0, 0.05) is 5.02 Å². The number of nitrogens with one attached hydrogen (secondary N) is 1. The highest BCUT2D eigenvalue weighted by atomic mass is 35.5. The first-order chi connectivity index (χ1) is 11.8. The average Bonchev–Trinajstić information content (AvgIpc) is 3.10. The van der Waals surface area contributed by atoms with Crippen LogP contribution in [0.5, 0.6) is 0 Å². The van der Waals surface area contributed by atoms with Gasteiger partial charge >= 0.3 is 0 Å². The van der Waals surface area contributed by atoms with E-state index < -0.39 is 15.4 Å². The summed E-state index contributed by atoms with van der Waals surface area (Å²) in [5, 5.41) is 15.3. The predicted octanol–water partition coefficient (Wildman–Crippen LogP) is 1.10. The lowest BCUT2D eigenvalue weighted by Crippen LogP contribution is -2.47. The van der Waals surface area contributed by atoms with Crippen molar-refractivity contribution >= 4 is 39.1 Å². The molecular weight excluding hydrogens is 386 g/mol. The fourth-order valence-corrected chi connectivity index (χ4v) is 5.54. The van der Waals surface area contributed by atoms with Gasteiger partial charge in [0.15, 0.2) is 9.84 Å². The zero-order chi connectivity index (χ0) is 18.1. The SMILES string of the molecule is C[C@@]1(NC(=O)CSc2nnnn2-c2ccc(Cl)cc2)CCS(=O)(=O)C1. The zero-order valence-corrected chi connectivity index (χ0v) is 15.7. The number of tetrazole rings is 1. The number of sulfone groups is 1. The summed E-state index contributed by atoms with van der Waals surface area (Å²) in [7, 11) is -3.07. The number of carbonyl (C=O) groups is 1. The molecule has 134 valence electrons. The molecule has 0 spiro atoms. The maximum Gasteiger partial charge on any atom is 0.230 e. The summed E-state index contributed by atoms with van der Waals surface area (Å²) in [5.74, 6) is -0.0934. The van der Waals surface area contributed by atoms with Crippen molar-refractivity contribution in [1.29, 1.82) is 0 Å². The second kappa shape index (κ2) is 6.93. The van der Waals surface area contributed by atoms with E-state index in [9.17, 15) is 13.2 Å². The fourth-order valence-electron chi connectivity index (χ4n) is 2.63. The van der Waals surface area contributed by atoms with Gasteiger partial charge in [-0.25, -0.2) is 8.42 Å². The van der Waals surface area contributed by atoms with Crippen LogP contribution in [0, 0.1) is 0 Å². The summed E-state index contributed by atoms with van der Waals surface area (Å²) >= 11 is 7.04. The Labute approximate surface area is 154 Å². The Morgan fingerprint density at radius 1 is 1.40 bits per heavy atom. The van der Waals surface area contributed by atoms with Gasteiger partial charge in [-0.3, -0.25) is 4.79 Å². The van der Waals surface area contributed by atoms with E-state index in [2.05, 4.69) is 20.8 Å². The molecule has 8 nitrogen and oxygen atoms in total. The highest BCUT2D eigenvalue weighted by Gasteiger charge is 2.39. The lowest BCUT2D eigenvalue weighted by molar-refractivity contribution is -0.120. The first-order valence-corrected chi connectivity index (χ1v) is 10.6. The fraction of sp³-hybridized carbons (Fsp3) is 0.429. The number of halogens is 1. The number of thioether (sulfide) groups is 1. The summed E-state index contributed by atoms with van der Waals surface area (Å²) in [5.41, 5.74) is 0.0182. The summed E-state index contributed by atoms with van der Waals surface area (Å²) in [6.07, 6.45) is 0.425. The van der Waals surface area contributed by atoms with Gasteiger partial charge in [0.2, 0.25) is 11.1 Å². The third-order valence-corrected chi connectivity index (χ3v) is 6.86. The summed E-state index contributed by atoms with van der Waals surface area (Å²) in [6.45, 7) is 1.75. The maximum atomic E-state index is 12.2. The largest absolute Gasteiger partial charge is 0.349 e. The zero-order valence-electron chi connectivity index (χ0n) is 13.3. The van der Waals surface area contributed by atoms with Crippen LogP contribution in [0.4, 0.5) is 0 Å². The number of hydrogen-bond donors (Lipinski definition) is 1. The molecule has 1 aromatic carbocycles. The van der Waals surface area contributed by atoms with Gasteiger partial charge in [0.1, 0.15) is 0 Å². The van der Waals surface area contributed by atoms with Gasteiger partial charge in [-0.05, 0) is 48.0 Å². The Kier molecular flexibility index (Phi) is 5.03. The van der Waals surface area contributed by atoms with Crippen LogP contribution < -0.4 is 5.32 Å². The van der Waals surface area contributed by atoms with Crippen LogP contribution in [0.3, 0.4) is 0 Å². The quantitative estimate of drug-likeness (QED) is 0.747. The van der Waals surface area contributed by atoms with Crippen LogP contribution in [0.2, 0.25) is 5.02 Å². The number of rotatable bonds is 5. The topological polar surface area (TPSA) is 107 Å². The van der Waals surface area contributed by atoms with Gasteiger partial charge in [-0.2, -0.15) is 4.68 Å². The van der Waals surface area contributed by atoms with Crippen molar-refractivity contribution < 1.29 is 13.2 Å². The van der Waals surface area contributed by atoms with Gasteiger partial charge in [0.05, 0.1) is 28.5 Å². The van der Waals surface area contributed by atoms with Gasteiger partial charge in [-0.15, -0.1) is 5.10 Å². The normalized spacial score (nSPS) is 22.0. The molecule has 11 heteroatoms. The van der Waals surface area contributed by atoms with E-state index >= 15 is 0 Å². The third-order valence-electron chi connectivity index (χ3n) is 3.79. The van der Waals surface area contributed by atoms with Crippen LogP contribution in [-0.4, -0.2) is 57.3 Å². The lowest BCUT2D eigenvalue weighted by atomic mass is 10.0. The van der Waals surface area contributed by atoms with E-state index in [4.69, 9.17) is 11.6 Å². The number of nitrogens with zero attached hydrogens (tertiary/aromatic N) is 4. The van der Waals surface area contributed by atoms with Crippen LogP contribution in [0.25, 0.3) is 5.69 Å². The Balaban J connectivity index is 1.62. The molecule has 0 aliphatic carbocycles. The van der Waals surface area contributed by atoms with Crippen molar-refractivity contribution in [2.45, 2.75) is 24.0 Å². The summed E-state index contributed by atoms with van der Waals surface area (Å²) < 4.78 is 24.7. The molecule has 1 aliphatic heterocycles. The number of carbonyl (C=O) groups excluding carboxylic acids is 1. The highest BCUT2D eigenvalue weighted by molar-refractivity contribution is 7.99. The van der Waals surface area contributed by atoms with E-state index in [-0.39, 0.29) is 23.2 Å². The van der Waals surface area contributed by atoms with E-state index in [1.54, 1.807) is 31.2 Å². The Morgan fingerprint density at radius 3 is 2.76 bits per heavy atom. The molecule has 0 bridgehead atoms. The molecule has 0 saturated carbocycles. The van der Waals surface area contributed by atoms with Crippen LogP contribution in [-0.2, 0) is 14.6 Å². The number of amides is 1. The van der Waals surface area contributed by atoms with Crippen molar-refractivity contribution in [1.82, 2.24) is 25.5 Å². The third kappa shape index (κ3) is 4.50. The first kappa shape index (κ1) is 18.2. The Morgan fingerprint density at radius 2 is 2.12 bits per heavy atom. The molecule has 1 N–H and O–H groups in total. The molecule has 25 heavy (non-hydrogen) atoms. The van der Waals surface area contributed by atoms with E-state index in [1.807, 2.05) is 0 Å². The molecule has 1 atom stereocenters. The standard InChI is InChI=1S/C14H16ClN5O3S2/c1-14(6-7-25(22,23)9-14)16-12(21)8-24-13-17-18-19-20(13)11-4-2-10(15)3-5-11/h2-5H,6-9H2,1H3,(H,16,21)/t14-/m1/s1. The van der Waals surface area contributed by atoms with Crippen molar-refractivity contribution in [2.75, 3.05) is 17.3 Å². The molecule has 1 aliphatic rings. The molecule has 1 fully saturated rings. The molecule has 1 aromatic heterocycles. The molecule has 2 aromatic rings. The van der Waals surface area contributed by atoms with Crippen LogP contribution in [0.1, 0.15) is 13.3 Å². The number of aromatic nitrogens is 4. The molecule has 1 amide bonds. The molecule has 0 radical (unpaired) electrons.